The van der Waals surface area contributed by atoms with Crippen LogP contribution < -0.4 is 10.1 Å². The number of carboxylic acids is 1. The van der Waals surface area contributed by atoms with Crippen molar-refractivity contribution in [2.24, 2.45) is 0 Å². The van der Waals surface area contributed by atoms with Gasteiger partial charge in [0.2, 0.25) is 5.91 Å². The summed E-state index contributed by atoms with van der Waals surface area (Å²) < 4.78 is 18.3. The minimum absolute atomic E-state index is 0.131. The number of carboxylic acid groups (broad SMARTS) is 1. The largest absolute Gasteiger partial charge is 0.482 e. The van der Waals surface area contributed by atoms with Crippen LogP contribution >= 0.6 is 0 Å². The molecule has 3 aromatic rings. The average Bonchev–Trinajstić information content (AvgIpc) is 2.71. The van der Waals surface area contributed by atoms with Crippen molar-refractivity contribution in [1.29, 1.82) is 0 Å². The Labute approximate surface area is 167 Å². The number of ether oxygens (including phenoxy) is 1. The molecule has 3 aromatic carbocycles. The van der Waals surface area contributed by atoms with Gasteiger partial charge in [-0.25, -0.2) is 9.18 Å². The van der Waals surface area contributed by atoms with E-state index < -0.39 is 5.97 Å². The maximum absolute atomic E-state index is 13.2. The lowest BCUT2D eigenvalue weighted by atomic mass is 10.0. The number of hydrogen-bond acceptors (Lipinski definition) is 3. The molecule has 0 aliphatic heterocycles. The van der Waals surface area contributed by atoms with Gasteiger partial charge < -0.3 is 15.2 Å². The second kappa shape index (κ2) is 9.50. The number of amides is 1. The van der Waals surface area contributed by atoms with Crippen molar-refractivity contribution < 1.29 is 23.8 Å². The van der Waals surface area contributed by atoms with E-state index in [0.29, 0.717) is 17.9 Å². The number of aliphatic carboxylic acids is 1. The lowest BCUT2D eigenvalue weighted by Crippen LogP contribution is -2.24. The van der Waals surface area contributed by atoms with Crippen molar-refractivity contribution in [3.05, 3.63) is 89.7 Å². The number of halogens is 1. The Balaban J connectivity index is 1.53. The van der Waals surface area contributed by atoms with Crippen molar-refractivity contribution in [1.82, 2.24) is 5.32 Å². The van der Waals surface area contributed by atoms with E-state index in [0.717, 1.165) is 16.7 Å². The molecule has 0 fully saturated rings. The highest BCUT2D eigenvalue weighted by Crippen LogP contribution is 2.23. The second-order valence-corrected chi connectivity index (χ2v) is 6.49. The third-order valence-corrected chi connectivity index (χ3v) is 4.25. The van der Waals surface area contributed by atoms with Gasteiger partial charge in [0.1, 0.15) is 11.6 Å². The Morgan fingerprint density at radius 1 is 0.897 bits per heavy atom. The van der Waals surface area contributed by atoms with Crippen molar-refractivity contribution in [3.63, 3.8) is 0 Å². The predicted octanol–water partition coefficient (Wildman–Crippen LogP) is 3.82. The van der Waals surface area contributed by atoms with E-state index in [-0.39, 0.29) is 24.8 Å². The van der Waals surface area contributed by atoms with Crippen LogP contribution in [0.15, 0.2) is 72.8 Å². The van der Waals surface area contributed by atoms with Gasteiger partial charge in [0.15, 0.2) is 6.61 Å². The van der Waals surface area contributed by atoms with E-state index in [4.69, 9.17) is 9.84 Å². The van der Waals surface area contributed by atoms with E-state index in [9.17, 15) is 14.0 Å². The molecule has 5 nitrogen and oxygen atoms in total. The normalized spacial score (nSPS) is 10.4. The van der Waals surface area contributed by atoms with Gasteiger partial charge in [-0.15, -0.1) is 0 Å². The van der Waals surface area contributed by atoms with Crippen LogP contribution in [-0.2, 0) is 22.6 Å². The first-order valence-electron chi connectivity index (χ1n) is 9.05. The summed E-state index contributed by atoms with van der Waals surface area (Å²) in [6.45, 7) is 0.00930. The zero-order valence-electron chi connectivity index (χ0n) is 15.6. The smallest absolute Gasteiger partial charge is 0.341 e. The van der Waals surface area contributed by atoms with Crippen LogP contribution in [0.1, 0.15) is 11.1 Å². The van der Waals surface area contributed by atoms with Crippen LogP contribution in [0.5, 0.6) is 5.75 Å². The lowest BCUT2D eigenvalue weighted by molar-refractivity contribution is -0.139. The quantitative estimate of drug-likeness (QED) is 0.610. The molecule has 0 radical (unpaired) electrons. The number of hydrogen-bond donors (Lipinski definition) is 2. The summed E-state index contributed by atoms with van der Waals surface area (Å²) in [6, 6.07) is 20.9. The summed E-state index contributed by atoms with van der Waals surface area (Å²) in [5.41, 5.74) is 3.54. The molecule has 148 valence electrons. The van der Waals surface area contributed by atoms with E-state index >= 15 is 0 Å². The molecule has 2 N–H and O–H groups in total. The Bertz CT molecular complexity index is 985. The summed E-state index contributed by atoms with van der Waals surface area (Å²) in [4.78, 5) is 22.6. The molecule has 0 saturated carbocycles. The first-order valence-corrected chi connectivity index (χ1v) is 9.05. The minimum atomic E-state index is -1.02. The number of carbonyl (C=O) groups excluding carboxylic acids is 1. The number of benzene rings is 3. The van der Waals surface area contributed by atoms with E-state index in [1.165, 1.54) is 12.1 Å². The van der Waals surface area contributed by atoms with Crippen LogP contribution in [0.2, 0.25) is 0 Å². The van der Waals surface area contributed by atoms with Crippen LogP contribution in [0.3, 0.4) is 0 Å². The highest BCUT2D eigenvalue weighted by molar-refractivity contribution is 5.78. The molecule has 29 heavy (non-hydrogen) atoms. The van der Waals surface area contributed by atoms with Gasteiger partial charge in [0.25, 0.3) is 0 Å². The van der Waals surface area contributed by atoms with Crippen molar-refractivity contribution in [2.75, 3.05) is 6.61 Å². The standard InChI is InChI=1S/C23H20FNO4/c24-20-3-1-2-17(12-20)13-22(26)25-14-16-4-6-18(7-5-16)19-8-10-21(11-9-19)29-15-23(27)28/h1-12H,13-15H2,(H,25,26)(H,27,28). The molecule has 0 aromatic heterocycles. The fraction of sp³-hybridized carbons (Fsp3) is 0.130. The second-order valence-electron chi connectivity index (χ2n) is 6.49. The Kier molecular flexibility index (Phi) is 6.58. The van der Waals surface area contributed by atoms with Crippen LogP contribution in [0.4, 0.5) is 4.39 Å². The molecule has 0 atom stereocenters. The van der Waals surface area contributed by atoms with Crippen LogP contribution in [0.25, 0.3) is 11.1 Å². The summed E-state index contributed by atoms with van der Waals surface area (Å²) >= 11 is 0. The van der Waals surface area contributed by atoms with Gasteiger partial charge in [-0.2, -0.15) is 0 Å². The molecule has 0 spiro atoms. The summed E-state index contributed by atoms with van der Waals surface area (Å²) in [5, 5.41) is 11.5. The zero-order valence-corrected chi connectivity index (χ0v) is 15.6. The van der Waals surface area contributed by atoms with Gasteiger partial charge in [-0.3, -0.25) is 4.79 Å². The lowest BCUT2D eigenvalue weighted by Gasteiger charge is -2.08. The summed E-state index contributed by atoms with van der Waals surface area (Å²) in [6.07, 6.45) is 0.131. The predicted molar refractivity (Wildman–Crippen MR) is 107 cm³/mol. The molecule has 3 rings (SSSR count). The molecule has 0 aliphatic rings. The SMILES string of the molecule is O=C(O)COc1ccc(-c2ccc(CNC(=O)Cc3cccc(F)c3)cc2)cc1. The number of rotatable bonds is 8. The van der Waals surface area contributed by atoms with Gasteiger partial charge in [-0.1, -0.05) is 48.5 Å². The number of carbonyl (C=O) groups is 2. The van der Waals surface area contributed by atoms with E-state index in [1.807, 2.05) is 36.4 Å². The molecule has 0 unspecified atom stereocenters. The molecule has 6 heteroatoms. The van der Waals surface area contributed by atoms with Gasteiger partial charge in [0.05, 0.1) is 6.42 Å². The fourth-order valence-electron chi connectivity index (χ4n) is 2.80. The highest BCUT2D eigenvalue weighted by atomic mass is 19.1. The van der Waals surface area contributed by atoms with Crippen LogP contribution in [0, 0.1) is 5.82 Å². The summed E-state index contributed by atoms with van der Waals surface area (Å²) in [7, 11) is 0. The third-order valence-electron chi connectivity index (χ3n) is 4.25. The first kappa shape index (κ1) is 20.1. The first-order chi connectivity index (χ1) is 14.0. The molecule has 0 bridgehead atoms. The molecule has 0 aliphatic carbocycles. The van der Waals surface area contributed by atoms with Crippen LogP contribution in [-0.4, -0.2) is 23.6 Å². The maximum Gasteiger partial charge on any atom is 0.341 e. The van der Waals surface area contributed by atoms with E-state index in [1.54, 1.807) is 24.3 Å². The third kappa shape index (κ3) is 6.17. The fourth-order valence-corrected chi connectivity index (χ4v) is 2.80. The van der Waals surface area contributed by atoms with Crippen molar-refractivity contribution in [3.8, 4) is 16.9 Å². The maximum atomic E-state index is 13.2. The van der Waals surface area contributed by atoms with Gasteiger partial charge >= 0.3 is 5.97 Å². The molecular formula is C23H20FNO4. The van der Waals surface area contributed by atoms with Crippen molar-refractivity contribution in [2.45, 2.75) is 13.0 Å². The highest BCUT2D eigenvalue weighted by Gasteiger charge is 2.05. The number of nitrogens with one attached hydrogen (secondary N) is 1. The molecule has 1 amide bonds. The Morgan fingerprint density at radius 3 is 2.17 bits per heavy atom. The molecule has 0 saturated heterocycles. The van der Waals surface area contributed by atoms with Crippen molar-refractivity contribution >= 4 is 11.9 Å². The Hall–Kier alpha value is -3.67. The van der Waals surface area contributed by atoms with Gasteiger partial charge in [0, 0.05) is 6.54 Å². The van der Waals surface area contributed by atoms with Gasteiger partial charge in [-0.05, 0) is 46.5 Å². The minimum Gasteiger partial charge on any atom is -0.482 e. The molecule has 0 heterocycles. The summed E-state index contributed by atoms with van der Waals surface area (Å²) in [5.74, 6) is -1.05. The zero-order chi connectivity index (χ0) is 20.6. The monoisotopic (exact) mass is 393 g/mol. The Morgan fingerprint density at radius 2 is 1.55 bits per heavy atom. The topological polar surface area (TPSA) is 75.6 Å². The average molecular weight is 393 g/mol. The molecular weight excluding hydrogens is 373 g/mol. The van der Waals surface area contributed by atoms with E-state index in [2.05, 4.69) is 5.32 Å².